The second-order valence-electron chi connectivity index (χ2n) is 16.0. The molecule has 4 nitrogen and oxygen atoms in total. The van der Waals surface area contributed by atoms with Crippen LogP contribution in [0.2, 0.25) is 0 Å². The van der Waals surface area contributed by atoms with Crippen molar-refractivity contribution in [1.29, 1.82) is 0 Å². The zero-order valence-electron chi connectivity index (χ0n) is 31.0. The first kappa shape index (κ1) is 29.5. The van der Waals surface area contributed by atoms with Gasteiger partial charge in [-0.05, 0) is 39.8 Å². The number of para-hydroxylation sites is 4. The highest BCUT2D eigenvalue weighted by atomic mass is 15.0. The molecule has 0 aliphatic carbocycles. The van der Waals surface area contributed by atoms with Gasteiger partial charge in [0.1, 0.15) is 11.0 Å². The standard InChI is InChI=1S/C54H28N4/c1-3-13-29(14-4-1)31-25-27-37-44-38(28-26-32(43(31)44)30-15-5-2-6-16-30)48-47(37)55-49-45-39-21-11-19-35-33-17-7-9-23-41(33)57(51(35)39)53(45)54-46(50(49)56-48)40-22-12-20-36-34-18-8-10-24-42(34)58(54)52(36)40/h1-28H. The van der Waals surface area contributed by atoms with Crippen molar-refractivity contribution in [1.82, 2.24) is 18.8 Å². The second-order valence-corrected chi connectivity index (χ2v) is 16.0. The quantitative estimate of drug-likeness (QED) is 0.177. The van der Waals surface area contributed by atoms with Crippen LogP contribution in [-0.2, 0) is 0 Å². The monoisotopic (exact) mass is 732 g/mol. The molecule has 5 heterocycles. The van der Waals surface area contributed by atoms with Gasteiger partial charge in [-0.3, -0.25) is 0 Å². The lowest BCUT2D eigenvalue weighted by Crippen LogP contribution is -1.92. The third kappa shape index (κ3) is 3.30. The molecule has 15 rings (SSSR count). The number of hydrogen-bond donors (Lipinski definition) is 0. The van der Waals surface area contributed by atoms with E-state index < -0.39 is 0 Å². The molecule has 0 aliphatic heterocycles. The van der Waals surface area contributed by atoms with Gasteiger partial charge in [0.15, 0.2) is 0 Å². The Morgan fingerprint density at radius 2 is 0.672 bits per heavy atom. The van der Waals surface area contributed by atoms with Crippen molar-refractivity contribution in [2.24, 2.45) is 0 Å². The summed E-state index contributed by atoms with van der Waals surface area (Å²) >= 11 is 0. The summed E-state index contributed by atoms with van der Waals surface area (Å²) in [6.45, 7) is 0. The minimum Gasteiger partial charge on any atom is -0.306 e. The Morgan fingerprint density at radius 1 is 0.259 bits per heavy atom. The minimum absolute atomic E-state index is 0.953. The fourth-order valence-corrected chi connectivity index (χ4v) is 11.1. The average molecular weight is 733 g/mol. The Bertz CT molecular complexity index is 3960. The van der Waals surface area contributed by atoms with E-state index in [2.05, 4.69) is 179 Å². The van der Waals surface area contributed by atoms with Gasteiger partial charge in [0.2, 0.25) is 0 Å². The number of benzene rings is 9. The van der Waals surface area contributed by atoms with E-state index in [4.69, 9.17) is 9.97 Å². The summed E-state index contributed by atoms with van der Waals surface area (Å²) in [6.07, 6.45) is 0. The maximum absolute atomic E-state index is 5.87. The van der Waals surface area contributed by atoms with Gasteiger partial charge < -0.3 is 8.80 Å². The molecule has 0 spiro atoms. The molecular weight excluding hydrogens is 705 g/mol. The van der Waals surface area contributed by atoms with E-state index in [1.54, 1.807) is 0 Å². The van der Waals surface area contributed by atoms with Crippen LogP contribution in [-0.4, -0.2) is 18.8 Å². The lowest BCUT2D eigenvalue weighted by molar-refractivity contribution is 1.33. The van der Waals surface area contributed by atoms with Gasteiger partial charge in [-0.15, -0.1) is 0 Å². The first-order valence-electron chi connectivity index (χ1n) is 20.0. The van der Waals surface area contributed by atoms with E-state index in [0.717, 1.165) is 43.6 Å². The van der Waals surface area contributed by atoms with Gasteiger partial charge in [-0.1, -0.05) is 158 Å². The fourth-order valence-electron chi connectivity index (χ4n) is 11.1. The van der Waals surface area contributed by atoms with Crippen LogP contribution in [0.3, 0.4) is 0 Å². The van der Waals surface area contributed by atoms with Gasteiger partial charge in [0, 0.05) is 59.2 Å². The molecule has 15 aromatic rings. The van der Waals surface area contributed by atoms with E-state index >= 15 is 0 Å². The van der Waals surface area contributed by atoms with E-state index in [-0.39, 0.29) is 0 Å². The summed E-state index contributed by atoms with van der Waals surface area (Å²) in [5, 5.41) is 14.5. The lowest BCUT2D eigenvalue weighted by atomic mass is 9.90. The Morgan fingerprint density at radius 3 is 1.16 bits per heavy atom. The van der Waals surface area contributed by atoms with E-state index in [1.807, 2.05) is 0 Å². The number of hydrogen-bond acceptors (Lipinski definition) is 2. The summed E-state index contributed by atoms with van der Waals surface area (Å²) in [5.41, 5.74) is 15.9. The van der Waals surface area contributed by atoms with Crippen LogP contribution in [0.1, 0.15) is 0 Å². The van der Waals surface area contributed by atoms with E-state index in [0.29, 0.717) is 0 Å². The van der Waals surface area contributed by atoms with Gasteiger partial charge >= 0.3 is 0 Å². The molecule has 0 saturated heterocycles. The summed E-state index contributed by atoms with van der Waals surface area (Å²) < 4.78 is 5.06. The number of nitrogens with zero attached hydrogens (tertiary/aromatic N) is 4. The molecule has 0 N–H and O–H groups in total. The highest BCUT2D eigenvalue weighted by Crippen LogP contribution is 2.51. The van der Waals surface area contributed by atoms with Gasteiger partial charge in [0.25, 0.3) is 0 Å². The Kier molecular flexibility index (Phi) is 5.14. The molecule has 0 atom stereocenters. The molecule has 5 aromatic heterocycles. The molecule has 0 aliphatic rings. The van der Waals surface area contributed by atoms with Crippen LogP contribution in [0.4, 0.5) is 0 Å². The van der Waals surface area contributed by atoms with Crippen molar-refractivity contribution in [2.45, 2.75) is 0 Å². The SMILES string of the molecule is c1ccc(-c2ccc3c4nc5c(nc4c4ccc(-c6ccccc6)c2c34)c2c3cccc4c6ccccc6n(c43)c2c2c5c3cccc4c5ccccc5n2c43)cc1. The highest BCUT2D eigenvalue weighted by Gasteiger charge is 2.29. The first-order chi connectivity index (χ1) is 28.8. The summed E-state index contributed by atoms with van der Waals surface area (Å²) in [5.74, 6) is 0. The molecule has 264 valence electrons. The summed E-state index contributed by atoms with van der Waals surface area (Å²) in [4.78, 5) is 11.7. The van der Waals surface area contributed by atoms with E-state index in [1.165, 1.54) is 98.4 Å². The predicted octanol–water partition coefficient (Wildman–Crippen LogP) is 14.2. The number of fused-ring (bicyclic) bond motifs is 19. The lowest BCUT2D eigenvalue weighted by Gasteiger charge is -2.13. The zero-order valence-corrected chi connectivity index (χ0v) is 31.0. The maximum Gasteiger partial charge on any atom is 0.100 e. The first-order valence-corrected chi connectivity index (χ1v) is 20.0. The van der Waals surface area contributed by atoms with Crippen LogP contribution < -0.4 is 0 Å². The molecule has 0 fully saturated rings. The Hall–Kier alpha value is -7.82. The average Bonchev–Trinajstić information content (AvgIpc) is 4.08. The van der Waals surface area contributed by atoms with Gasteiger partial charge in [0.05, 0.1) is 44.1 Å². The molecule has 0 saturated carbocycles. The largest absolute Gasteiger partial charge is 0.306 e. The van der Waals surface area contributed by atoms with Gasteiger partial charge in [-0.2, -0.15) is 0 Å². The second kappa shape index (κ2) is 10.1. The number of rotatable bonds is 2. The van der Waals surface area contributed by atoms with Crippen LogP contribution in [0.25, 0.3) is 142 Å². The smallest absolute Gasteiger partial charge is 0.100 e. The van der Waals surface area contributed by atoms with Crippen molar-refractivity contribution in [2.75, 3.05) is 0 Å². The fraction of sp³-hybridized carbons (Fsp3) is 0. The summed E-state index contributed by atoms with van der Waals surface area (Å²) in [7, 11) is 0. The predicted molar refractivity (Wildman–Crippen MR) is 243 cm³/mol. The molecule has 0 radical (unpaired) electrons. The normalized spacial score (nSPS) is 12.8. The third-order valence-corrected chi connectivity index (χ3v) is 13.3. The van der Waals surface area contributed by atoms with Crippen molar-refractivity contribution < 1.29 is 0 Å². The topological polar surface area (TPSA) is 34.6 Å². The van der Waals surface area contributed by atoms with Crippen molar-refractivity contribution in [3.05, 3.63) is 170 Å². The summed E-state index contributed by atoms with van der Waals surface area (Å²) in [6, 6.07) is 62.1. The molecule has 4 heteroatoms. The van der Waals surface area contributed by atoms with Crippen molar-refractivity contribution >= 4 is 120 Å². The molecule has 0 unspecified atom stereocenters. The minimum atomic E-state index is 0.953. The zero-order chi connectivity index (χ0) is 37.4. The molecule has 58 heavy (non-hydrogen) atoms. The van der Waals surface area contributed by atoms with Crippen LogP contribution in [0.15, 0.2) is 170 Å². The molecular formula is C54H28N4. The highest BCUT2D eigenvalue weighted by molar-refractivity contribution is 6.41. The Labute approximate surface area is 329 Å². The Balaban J connectivity index is 1.23. The van der Waals surface area contributed by atoms with Crippen LogP contribution in [0, 0.1) is 0 Å². The van der Waals surface area contributed by atoms with E-state index in [9.17, 15) is 0 Å². The van der Waals surface area contributed by atoms with Crippen molar-refractivity contribution in [3.8, 4) is 22.3 Å². The van der Waals surface area contributed by atoms with Crippen LogP contribution >= 0.6 is 0 Å². The molecule has 0 amide bonds. The molecule has 0 bridgehead atoms. The number of aromatic nitrogens is 4. The third-order valence-electron chi connectivity index (χ3n) is 13.3. The van der Waals surface area contributed by atoms with Crippen molar-refractivity contribution in [3.63, 3.8) is 0 Å². The van der Waals surface area contributed by atoms with Gasteiger partial charge in [-0.25, -0.2) is 9.97 Å². The maximum atomic E-state index is 5.87. The van der Waals surface area contributed by atoms with Crippen LogP contribution in [0.5, 0.6) is 0 Å². The molecule has 10 aromatic carbocycles.